The number of carbonyl (C=O) groups is 2. The van der Waals surface area contributed by atoms with Crippen LogP contribution >= 0.6 is 0 Å². The molecule has 0 saturated carbocycles. The van der Waals surface area contributed by atoms with Crippen LogP contribution in [-0.2, 0) is 16.0 Å². The summed E-state index contributed by atoms with van der Waals surface area (Å²) in [5, 5.41) is 8.85. The van der Waals surface area contributed by atoms with Crippen molar-refractivity contribution in [1.29, 1.82) is 0 Å². The molecule has 1 atom stereocenters. The molecule has 1 aliphatic heterocycles. The van der Waals surface area contributed by atoms with Crippen molar-refractivity contribution in [3.63, 3.8) is 0 Å². The zero-order chi connectivity index (χ0) is 12.3. The number of nitrogens with one attached hydrogen (secondary N) is 1. The van der Waals surface area contributed by atoms with E-state index in [-0.39, 0.29) is 12.3 Å². The number of hydrogen-bond donors (Lipinski definition) is 2. The molecule has 1 fully saturated rings. The molecule has 2 heterocycles. The maximum absolute atomic E-state index is 11.7. The number of aromatic amines is 1. The molecule has 1 aliphatic rings. The molecular weight excluding hydrogens is 220 g/mol. The first-order valence-corrected chi connectivity index (χ1v) is 5.79. The van der Waals surface area contributed by atoms with Crippen LogP contribution in [0.25, 0.3) is 0 Å². The molecule has 0 aromatic carbocycles. The second kappa shape index (κ2) is 5.03. The highest BCUT2D eigenvalue weighted by molar-refractivity contribution is 5.83. The number of H-pyrrole nitrogens is 1. The van der Waals surface area contributed by atoms with Crippen LogP contribution in [0.4, 0.5) is 0 Å². The second-order valence-corrected chi connectivity index (χ2v) is 4.35. The molecule has 0 bridgehead atoms. The minimum absolute atomic E-state index is 0.0461. The van der Waals surface area contributed by atoms with Gasteiger partial charge < -0.3 is 15.0 Å². The van der Waals surface area contributed by atoms with E-state index in [0.29, 0.717) is 19.5 Å². The molecule has 92 valence electrons. The van der Waals surface area contributed by atoms with E-state index >= 15 is 0 Å². The number of carbonyl (C=O) groups excluding carboxylic acids is 1. The second-order valence-electron chi connectivity index (χ2n) is 4.35. The van der Waals surface area contributed by atoms with Crippen LogP contribution in [0.5, 0.6) is 0 Å². The third-order valence-electron chi connectivity index (χ3n) is 3.18. The van der Waals surface area contributed by atoms with Crippen molar-refractivity contribution in [2.75, 3.05) is 13.1 Å². The number of aliphatic carboxylic acids is 1. The summed E-state index contributed by atoms with van der Waals surface area (Å²) in [7, 11) is 0. The molecule has 5 heteroatoms. The fourth-order valence-electron chi connectivity index (χ4n) is 2.10. The average molecular weight is 236 g/mol. The van der Waals surface area contributed by atoms with Crippen LogP contribution in [-0.4, -0.2) is 40.0 Å². The minimum atomic E-state index is -0.859. The molecule has 1 amide bonds. The smallest absolute Gasteiger partial charge is 0.307 e. The van der Waals surface area contributed by atoms with Gasteiger partial charge in [0.15, 0.2) is 0 Å². The lowest BCUT2D eigenvalue weighted by Crippen LogP contribution is -2.41. The van der Waals surface area contributed by atoms with E-state index in [9.17, 15) is 9.59 Å². The van der Waals surface area contributed by atoms with Crippen molar-refractivity contribution in [3.8, 4) is 0 Å². The zero-order valence-corrected chi connectivity index (χ0v) is 9.56. The lowest BCUT2D eigenvalue weighted by Gasteiger charge is -2.29. The first-order chi connectivity index (χ1) is 8.16. The number of hydrogen-bond acceptors (Lipinski definition) is 2. The first kappa shape index (κ1) is 11.7. The molecule has 17 heavy (non-hydrogen) atoms. The number of piperidine rings is 1. The van der Waals surface area contributed by atoms with Gasteiger partial charge in [-0.2, -0.15) is 0 Å². The Bertz CT molecular complexity index is 400. The maximum atomic E-state index is 11.7. The van der Waals surface area contributed by atoms with Gasteiger partial charge in [0, 0.05) is 37.8 Å². The Balaban J connectivity index is 1.83. The van der Waals surface area contributed by atoms with Crippen LogP contribution in [0.2, 0.25) is 0 Å². The predicted molar refractivity (Wildman–Crippen MR) is 61.4 cm³/mol. The molecule has 1 aromatic heterocycles. The summed E-state index contributed by atoms with van der Waals surface area (Å²) in [5.74, 6) is -1.40. The highest BCUT2D eigenvalue weighted by Crippen LogP contribution is 2.18. The van der Waals surface area contributed by atoms with Gasteiger partial charge in [-0.25, -0.2) is 0 Å². The molecule has 0 aliphatic carbocycles. The van der Waals surface area contributed by atoms with E-state index in [1.807, 2.05) is 18.3 Å². The van der Waals surface area contributed by atoms with Gasteiger partial charge >= 0.3 is 5.97 Å². The summed E-state index contributed by atoms with van der Waals surface area (Å²) in [5.41, 5.74) is 1.10. The molecule has 0 spiro atoms. The fraction of sp³-hybridized carbons (Fsp3) is 0.500. The number of nitrogens with zero attached hydrogens (tertiary/aromatic N) is 1. The summed E-state index contributed by atoms with van der Waals surface area (Å²) >= 11 is 0. The van der Waals surface area contributed by atoms with Crippen molar-refractivity contribution in [2.45, 2.75) is 19.3 Å². The van der Waals surface area contributed by atoms with Gasteiger partial charge in [0.25, 0.3) is 0 Å². The zero-order valence-electron chi connectivity index (χ0n) is 9.56. The summed E-state index contributed by atoms with van der Waals surface area (Å²) in [6.45, 7) is 1.21. The molecule has 0 radical (unpaired) electrons. The summed E-state index contributed by atoms with van der Waals surface area (Å²) in [6, 6.07) is 3.91. The molecule has 1 saturated heterocycles. The Morgan fingerprint density at radius 3 is 3.00 bits per heavy atom. The van der Waals surface area contributed by atoms with Crippen LogP contribution in [0.15, 0.2) is 18.3 Å². The Labute approximate surface area is 99.4 Å². The quantitative estimate of drug-likeness (QED) is 0.815. The van der Waals surface area contributed by atoms with Crippen molar-refractivity contribution in [1.82, 2.24) is 9.88 Å². The Kier molecular flexibility index (Phi) is 3.46. The number of likely N-dealkylation sites (tertiary alicyclic amines) is 1. The van der Waals surface area contributed by atoms with Crippen LogP contribution in [0.3, 0.4) is 0 Å². The Morgan fingerprint density at radius 1 is 1.59 bits per heavy atom. The summed E-state index contributed by atoms with van der Waals surface area (Å²) in [4.78, 5) is 27.3. The Hall–Kier alpha value is -1.78. The third kappa shape index (κ3) is 2.87. The van der Waals surface area contributed by atoms with Crippen molar-refractivity contribution in [2.24, 2.45) is 5.92 Å². The largest absolute Gasteiger partial charge is 0.481 e. The van der Waals surface area contributed by atoms with Gasteiger partial charge in [0.2, 0.25) is 5.91 Å². The standard InChI is InChI=1S/C12H16N2O3/c15-11-8-9(12(16)17)3-6-14(11)7-4-10-2-1-5-13-10/h1-2,5,9,13H,3-4,6-8H2,(H,16,17). The normalized spacial score (nSPS) is 20.6. The van der Waals surface area contributed by atoms with E-state index in [4.69, 9.17) is 5.11 Å². The minimum Gasteiger partial charge on any atom is -0.481 e. The van der Waals surface area contributed by atoms with Gasteiger partial charge in [0.05, 0.1) is 5.92 Å². The SMILES string of the molecule is O=C(O)C1CCN(CCc2ccc[nH]2)C(=O)C1. The average Bonchev–Trinajstić information content (AvgIpc) is 2.80. The molecule has 2 N–H and O–H groups in total. The van der Waals surface area contributed by atoms with E-state index in [1.165, 1.54) is 0 Å². The topological polar surface area (TPSA) is 73.4 Å². The molecule has 2 rings (SSSR count). The van der Waals surface area contributed by atoms with Gasteiger partial charge in [-0.15, -0.1) is 0 Å². The van der Waals surface area contributed by atoms with Crippen molar-refractivity contribution in [3.05, 3.63) is 24.0 Å². The number of amides is 1. The highest BCUT2D eigenvalue weighted by atomic mass is 16.4. The lowest BCUT2D eigenvalue weighted by molar-refractivity contribution is -0.149. The summed E-state index contributed by atoms with van der Waals surface area (Å²) < 4.78 is 0. The van der Waals surface area contributed by atoms with Gasteiger partial charge in [-0.05, 0) is 18.6 Å². The van der Waals surface area contributed by atoms with Crippen LogP contribution < -0.4 is 0 Å². The van der Waals surface area contributed by atoms with Crippen molar-refractivity contribution >= 4 is 11.9 Å². The lowest BCUT2D eigenvalue weighted by atomic mass is 9.96. The van der Waals surface area contributed by atoms with Crippen LogP contribution in [0, 0.1) is 5.92 Å². The van der Waals surface area contributed by atoms with E-state index in [1.54, 1.807) is 4.90 Å². The van der Waals surface area contributed by atoms with Crippen LogP contribution in [0.1, 0.15) is 18.5 Å². The molecule has 1 unspecified atom stereocenters. The molecule has 5 nitrogen and oxygen atoms in total. The van der Waals surface area contributed by atoms with Gasteiger partial charge in [-0.1, -0.05) is 0 Å². The first-order valence-electron chi connectivity index (χ1n) is 5.79. The number of aromatic nitrogens is 1. The predicted octanol–water partition coefficient (Wildman–Crippen LogP) is 0.880. The fourth-order valence-corrected chi connectivity index (χ4v) is 2.10. The number of carboxylic acids is 1. The summed E-state index contributed by atoms with van der Waals surface area (Å²) in [6.07, 6.45) is 3.34. The monoisotopic (exact) mass is 236 g/mol. The maximum Gasteiger partial charge on any atom is 0.307 e. The van der Waals surface area contributed by atoms with Gasteiger partial charge in [-0.3, -0.25) is 9.59 Å². The van der Waals surface area contributed by atoms with E-state index < -0.39 is 11.9 Å². The third-order valence-corrected chi connectivity index (χ3v) is 3.18. The Morgan fingerprint density at radius 2 is 2.41 bits per heavy atom. The highest BCUT2D eigenvalue weighted by Gasteiger charge is 2.29. The molecular formula is C12H16N2O3. The number of carboxylic acid groups (broad SMARTS) is 1. The van der Waals surface area contributed by atoms with E-state index in [2.05, 4.69) is 4.98 Å². The number of rotatable bonds is 4. The molecule has 1 aromatic rings. The van der Waals surface area contributed by atoms with E-state index in [0.717, 1.165) is 12.1 Å². The van der Waals surface area contributed by atoms with Crippen molar-refractivity contribution < 1.29 is 14.7 Å². The van der Waals surface area contributed by atoms with Gasteiger partial charge in [0.1, 0.15) is 0 Å².